The monoisotopic (exact) mass is 302 g/mol. The molecule has 0 saturated heterocycles. The van der Waals surface area contributed by atoms with Gasteiger partial charge in [-0.3, -0.25) is 9.88 Å². The normalized spacial score (nSPS) is 15.4. The van der Waals surface area contributed by atoms with E-state index in [1.165, 1.54) is 22.4 Å². The quantitative estimate of drug-likeness (QED) is 0.868. The van der Waals surface area contributed by atoms with Crippen molar-refractivity contribution in [3.8, 4) is 0 Å². The minimum atomic E-state index is 0.946. The molecule has 0 atom stereocenters. The molecule has 0 aliphatic carbocycles. The summed E-state index contributed by atoms with van der Waals surface area (Å²) in [6.07, 6.45) is 5.18. The summed E-state index contributed by atoms with van der Waals surface area (Å²) < 4.78 is 0. The predicted molar refractivity (Wildman–Crippen MR) is 86.3 cm³/mol. The van der Waals surface area contributed by atoms with E-state index >= 15 is 0 Å². The third-order valence-electron chi connectivity index (χ3n) is 3.85. The second-order valence-electron chi connectivity index (χ2n) is 5.99. The van der Waals surface area contributed by atoms with Crippen LogP contribution in [0.15, 0.2) is 17.8 Å². The minimum Gasteiger partial charge on any atom is -0.305 e. The number of rotatable bonds is 4. The Morgan fingerprint density at radius 2 is 2.19 bits per heavy atom. The van der Waals surface area contributed by atoms with Crippen molar-refractivity contribution in [2.45, 2.75) is 33.0 Å². The molecular weight excluding hydrogens is 280 g/mol. The number of hydrogen-bond acceptors (Lipinski definition) is 5. The molecule has 0 saturated carbocycles. The molecule has 0 amide bonds. The fourth-order valence-electron chi connectivity index (χ4n) is 2.95. The van der Waals surface area contributed by atoms with Gasteiger partial charge in [0.2, 0.25) is 0 Å². The van der Waals surface area contributed by atoms with E-state index in [-0.39, 0.29) is 0 Å². The molecule has 3 heterocycles. The van der Waals surface area contributed by atoms with Crippen LogP contribution in [0.5, 0.6) is 0 Å². The Kier molecular flexibility index (Phi) is 4.33. The maximum atomic E-state index is 4.57. The third kappa shape index (κ3) is 3.48. The summed E-state index contributed by atoms with van der Waals surface area (Å²) in [4.78, 5) is 13.7. The smallest absolute Gasteiger partial charge is 0.0897 e. The van der Waals surface area contributed by atoms with E-state index in [4.69, 9.17) is 0 Å². The predicted octanol–water partition coefficient (Wildman–Crippen LogP) is 2.47. The number of nitrogens with zero attached hydrogens (tertiary/aromatic N) is 4. The van der Waals surface area contributed by atoms with Crippen LogP contribution in [0.2, 0.25) is 0 Å². The topological polar surface area (TPSA) is 32.3 Å². The van der Waals surface area contributed by atoms with Crippen molar-refractivity contribution in [3.63, 3.8) is 0 Å². The molecule has 1 aliphatic heterocycles. The zero-order chi connectivity index (χ0) is 14.8. The summed E-state index contributed by atoms with van der Waals surface area (Å²) in [5.41, 5.74) is 5.46. The molecule has 0 N–H and O–H groups in total. The number of aromatic nitrogens is 2. The molecule has 0 radical (unpaired) electrons. The van der Waals surface area contributed by atoms with Gasteiger partial charge in [-0.15, -0.1) is 11.3 Å². The van der Waals surface area contributed by atoms with Gasteiger partial charge in [0.05, 0.1) is 10.7 Å². The van der Waals surface area contributed by atoms with Gasteiger partial charge in [-0.2, -0.15) is 0 Å². The highest BCUT2D eigenvalue weighted by Crippen LogP contribution is 2.23. The van der Waals surface area contributed by atoms with Crippen LogP contribution in [0, 0.1) is 6.92 Å². The number of fused-ring (bicyclic) bond motifs is 1. The minimum absolute atomic E-state index is 0.946. The Morgan fingerprint density at radius 1 is 1.33 bits per heavy atom. The van der Waals surface area contributed by atoms with Crippen molar-refractivity contribution < 1.29 is 0 Å². The Bertz CT molecular complexity index is 620. The van der Waals surface area contributed by atoms with Gasteiger partial charge in [0.15, 0.2) is 0 Å². The second-order valence-corrected chi connectivity index (χ2v) is 7.05. The van der Waals surface area contributed by atoms with Crippen LogP contribution in [0.4, 0.5) is 0 Å². The molecule has 4 nitrogen and oxygen atoms in total. The van der Waals surface area contributed by atoms with E-state index in [1.807, 2.05) is 12.4 Å². The zero-order valence-corrected chi connectivity index (χ0v) is 13.8. The van der Waals surface area contributed by atoms with Crippen LogP contribution < -0.4 is 0 Å². The molecule has 3 rings (SSSR count). The summed E-state index contributed by atoms with van der Waals surface area (Å²) in [5, 5.41) is 3.32. The maximum absolute atomic E-state index is 4.57. The lowest BCUT2D eigenvalue weighted by Gasteiger charge is -2.29. The van der Waals surface area contributed by atoms with E-state index < -0.39 is 0 Å². The first kappa shape index (κ1) is 14.6. The van der Waals surface area contributed by atoms with Gasteiger partial charge in [0.25, 0.3) is 0 Å². The fraction of sp³-hybridized carbons (Fsp3) is 0.500. The molecular formula is C16H22N4S. The number of thiazole rings is 1. The first-order valence-corrected chi connectivity index (χ1v) is 8.22. The van der Waals surface area contributed by atoms with Gasteiger partial charge in [-0.05, 0) is 44.1 Å². The van der Waals surface area contributed by atoms with Crippen molar-refractivity contribution in [2.75, 3.05) is 20.6 Å². The first-order valence-electron chi connectivity index (χ1n) is 7.34. The SMILES string of the molecule is Cc1nc(CN2CCc3c(CN(C)C)cncc3C2)cs1. The molecule has 112 valence electrons. The lowest BCUT2D eigenvalue weighted by molar-refractivity contribution is 0.241. The number of hydrogen-bond donors (Lipinski definition) is 0. The number of aryl methyl sites for hydroxylation is 1. The molecule has 0 unspecified atom stereocenters. The summed E-state index contributed by atoms with van der Waals surface area (Å²) in [6, 6.07) is 0. The van der Waals surface area contributed by atoms with Gasteiger partial charge in [0.1, 0.15) is 0 Å². The van der Waals surface area contributed by atoms with Crippen LogP contribution in [0.1, 0.15) is 27.4 Å². The Morgan fingerprint density at radius 3 is 2.90 bits per heavy atom. The fourth-order valence-corrected chi connectivity index (χ4v) is 3.55. The van der Waals surface area contributed by atoms with E-state index in [1.54, 1.807) is 11.3 Å². The average Bonchev–Trinajstić information content (AvgIpc) is 2.83. The summed E-state index contributed by atoms with van der Waals surface area (Å²) >= 11 is 1.73. The highest BCUT2D eigenvalue weighted by molar-refractivity contribution is 7.09. The van der Waals surface area contributed by atoms with Gasteiger partial charge in [-0.25, -0.2) is 4.98 Å². The van der Waals surface area contributed by atoms with Gasteiger partial charge in [-0.1, -0.05) is 0 Å². The van der Waals surface area contributed by atoms with Gasteiger partial charge >= 0.3 is 0 Å². The second kappa shape index (κ2) is 6.22. The molecule has 0 spiro atoms. The highest BCUT2D eigenvalue weighted by Gasteiger charge is 2.20. The summed E-state index contributed by atoms with van der Waals surface area (Å²) in [6.45, 7) is 6.08. The van der Waals surface area contributed by atoms with Crippen LogP contribution >= 0.6 is 11.3 Å². The lowest BCUT2D eigenvalue weighted by Crippen LogP contribution is -2.31. The van der Waals surface area contributed by atoms with Crippen molar-refractivity contribution in [1.82, 2.24) is 19.8 Å². The van der Waals surface area contributed by atoms with Crippen molar-refractivity contribution in [2.24, 2.45) is 0 Å². The number of pyridine rings is 1. The average molecular weight is 302 g/mol. The van der Waals surface area contributed by atoms with Gasteiger partial charge in [0, 0.05) is 44.0 Å². The summed E-state index contributed by atoms with van der Waals surface area (Å²) in [5.74, 6) is 0. The van der Waals surface area contributed by atoms with Crippen molar-refractivity contribution >= 4 is 11.3 Å². The standard InChI is InChI=1S/C16H22N4S/c1-12-18-15(11-21-12)10-20-5-4-16-13(8-19(2)3)6-17-7-14(16)9-20/h6-7,11H,4-5,8-10H2,1-3H3. The van der Waals surface area contributed by atoms with Crippen molar-refractivity contribution in [1.29, 1.82) is 0 Å². The van der Waals surface area contributed by atoms with E-state index in [9.17, 15) is 0 Å². The highest BCUT2D eigenvalue weighted by atomic mass is 32.1. The molecule has 2 aromatic rings. The van der Waals surface area contributed by atoms with Crippen LogP contribution in [-0.2, 0) is 26.1 Å². The van der Waals surface area contributed by atoms with Crippen LogP contribution in [0.25, 0.3) is 0 Å². The molecule has 0 fully saturated rings. The Hall–Kier alpha value is -1.30. The van der Waals surface area contributed by atoms with Crippen LogP contribution in [0.3, 0.4) is 0 Å². The third-order valence-corrected chi connectivity index (χ3v) is 4.67. The largest absolute Gasteiger partial charge is 0.305 e. The van der Waals surface area contributed by atoms with E-state index in [0.29, 0.717) is 0 Å². The molecule has 21 heavy (non-hydrogen) atoms. The summed E-state index contributed by atoms with van der Waals surface area (Å²) in [7, 11) is 4.22. The molecule has 2 aromatic heterocycles. The van der Waals surface area contributed by atoms with E-state index in [0.717, 1.165) is 37.6 Å². The Labute approximate surface area is 130 Å². The van der Waals surface area contributed by atoms with Gasteiger partial charge < -0.3 is 4.90 Å². The first-order chi connectivity index (χ1) is 10.1. The molecule has 5 heteroatoms. The lowest BCUT2D eigenvalue weighted by atomic mass is 9.97. The molecule has 0 bridgehead atoms. The van der Waals surface area contributed by atoms with Crippen LogP contribution in [-0.4, -0.2) is 40.4 Å². The van der Waals surface area contributed by atoms with E-state index in [2.05, 4.69) is 46.2 Å². The maximum Gasteiger partial charge on any atom is 0.0897 e. The molecule has 0 aromatic carbocycles. The molecule has 1 aliphatic rings. The van der Waals surface area contributed by atoms with Crippen molar-refractivity contribution in [3.05, 3.63) is 45.2 Å². The zero-order valence-electron chi connectivity index (χ0n) is 13.0. The Balaban J connectivity index is 1.73.